The van der Waals surface area contributed by atoms with Crippen molar-refractivity contribution >= 4 is 0 Å². The molecule has 0 aliphatic rings. The highest BCUT2D eigenvalue weighted by Crippen LogP contribution is 2.07. The van der Waals surface area contributed by atoms with Crippen LogP contribution < -0.4 is 10.6 Å². The van der Waals surface area contributed by atoms with Crippen LogP contribution in [-0.2, 0) is 0 Å². The Hall–Kier alpha value is -0.580. The van der Waals surface area contributed by atoms with Gasteiger partial charge in [-0.3, -0.25) is 10.6 Å². The molecule has 0 fully saturated rings. The van der Waals surface area contributed by atoms with E-state index in [0.717, 1.165) is 12.8 Å². The molecule has 0 saturated carbocycles. The molecule has 0 atom stereocenters. The molecule has 0 rings (SSSR count). The molecule has 4 N–H and O–H groups in total. The number of aliphatic hydroxyl groups excluding tert-OH is 1. The summed E-state index contributed by atoms with van der Waals surface area (Å²) in [5, 5.41) is 25.2. The van der Waals surface area contributed by atoms with Crippen LogP contribution in [0.15, 0.2) is 11.8 Å². The van der Waals surface area contributed by atoms with Gasteiger partial charge < -0.3 is 10.2 Å². The molecule has 0 bridgehead atoms. The number of nitrogens with one attached hydrogen (secondary N) is 2. The minimum atomic E-state index is -1.47. The predicted molar refractivity (Wildman–Crippen MR) is 57.9 cm³/mol. The summed E-state index contributed by atoms with van der Waals surface area (Å²) in [5.74, 6) is -1.56. The van der Waals surface area contributed by atoms with E-state index in [-0.39, 0.29) is 5.76 Å². The van der Waals surface area contributed by atoms with Crippen molar-refractivity contribution in [2.24, 2.45) is 0 Å². The second kappa shape index (κ2) is 6.81. The average molecular weight is 202 g/mol. The van der Waals surface area contributed by atoms with E-state index in [9.17, 15) is 10.2 Å². The minimum Gasteiger partial charge on any atom is -0.507 e. The smallest absolute Gasteiger partial charge is 0.232 e. The van der Waals surface area contributed by atoms with Crippen molar-refractivity contribution in [3.8, 4) is 0 Å². The Labute approximate surface area is 86.0 Å². The van der Waals surface area contributed by atoms with E-state index in [1.54, 1.807) is 6.92 Å². The first-order valence-corrected chi connectivity index (χ1v) is 5.18. The van der Waals surface area contributed by atoms with E-state index in [2.05, 4.69) is 10.6 Å². The van der Waals surface area contributed by atoms with Crippen LogP contribution in [0.3, 0.4) is 0 Å². The summed E-state index contributed by atoms with van der Waals surface area (Å²) in [6.45, 7) is 6.97. The van der Waals surface area contributed by atoms with E-state index in [1.807, 2.05) is 13.8 Å². The lowest BCUT2D eigenvalue weighted by molar-refractivity contribution is -0.0266. The summed E-state index contributed by atoms with van der Waals surface area (Å²) < 4.78 is 0. The van der Waals surface area contributed by atoms with Crippen LogP contribution in [0.25, 0.3) is 0 Å². The summed E-state index contributed by atoms with van der Waals surface area (Å²) in [6, 6.07) is 0. The maximum absolute atomic E-state index is 10.0. The van der Waals surface area contributed by atoms with Gasteiger partial charge >= 0.3 is 0 Å². The number of hydrogen-bond acceptors (Lipinski definition) is 4. The fraction of sp³-hybridized carbons (Fsp3) is 0.800. The Morgan fingerprint density at radius 2 is 1.64 bits per heavy atom. The van der Waals surface area contributed by atoms with Crippen LogP contribution in [0.2, 0.25) is 0 Å². The van der Waals surface area contributed by atoms with E-state index >= 15 is 0 Å². The van der Waals surface area contributed by atoms with Gasteiger partial charge in [-0.15, -0.1) is 0 Å². The summed E-state index contributed by atoms with van der Waals surface area (Å²) in [6.07, 6.45) is 3.27. The maximum Gasteiger partial charge on any atom is 0.232 e. The van der Waals surface area contributed by atoms with Crippen LogP contribution in [0.4, 0.5) is 0 Å². The van der Waals surface area contributed by atoms with Gasteiger partial charge in [0, 0.05) is 0 Å². The molecular formula is C10H22N2O2. The monoisotopic (exact) mass is 202 g/mol. The molecule has 0 saturated heterocycles. The third kappa shape index (κ3) is 4.09. The Morgan fingerprint density at radius 3 is 1.93 bits per heavy atom. The van der Waals surface area contributed by atoms with Crippen LogP contribution in [0.5, 0.6) is 0 Å². The molecule has 0 spiro atoms. The molecule has 0 aromatic rings. The lowest BCUT2D eigenvalue weighted by atomic mass is 10.2. The predicted octanol–water partition coefficient (Wildman–Crippen LogP) is 1.09. The highest BCUT2D eigenvalue weighted by molar-refractivity contribution is 5.04. The first kappa shape index (κ1) is 13.4. The Balaban J connectivity index is 4.32. The second-order valence-corrected chi connectivity index (χ2v) is 3.24. The van der Waals surface area contributed by atoms with Gasteiger partial charge in [-0.25, -0.2) is 0 Å². The lowest BCUT2D eigenvalue weighted by Gasteiger charge is -2.29. The van der Waals surface area contributed by atoms with Gasteiger partial charge in [-0.2, -0.15) is 0 Å². The van der Waals surface area contributed by atoms with Gasteiger partial charge in [-0.05, 0) is 38.9 Å². The number of hydrogen-bond donors (Lipinski definition) is 4. The quantitative estimate of drug-likeness (QED) is 0.369. The molecule has 0 aliphatic carbocycles. The normalized spacial score (nSPS) is 13.3. The van der Waals surface area contributed by atoms with Crippen LogP contribution in [0, 0.1) is 0 Å². The first-order chi connectivity index (χ1) is 6.60. The Kier molecular flexibility index (Phi) is 6.53. The standard InChI is InChI=1S/C10H22N2O2/c1-4-7-11-10(14,9(13)6-3)12-8-5-2/h6,11-14H,4-5,7-8H2,1-3H3. The molecular weight excluding hydrogens is 180 g/mol. The van der Waals surface area contributed by atoms with Gasteiger partial charge in [0.15, 0.2) is 5.76 Å². The minimum absolute atomic E-state index is 0.0839. The molecule has 0 heterocycles. The van der Waals surface area contributed by atoms with Crippen molar-refractivity contribution in [2.75, 3.05) is 13.1 Å². The molecule has 4 heteroatoms. The van der Waals surface area contributed by atoms with Crippen LogP contribution in [-0.4, -0.2) is 29.2 Å². The molecule has 14 heavy (non-hydrogen) atoms. The molecule has 0 aromatic heterocycles. The van der Waals surface area contributed by atoms with Crippen molar-refractivity contribution in [3.63, 3.8) is 0 Å². The number of rotatable bonds is 7. The fourth-order valence-corrected chi connectivity index (χ4v) is 1.06. The van der Waals surface area contributed by atoms with Crippen molar-refractivity contribution in [1.82, 2.24) is 10.6 Å². The lowest BCUT2D eigenvalue weighted by Crippen LogP contribution is -2.58. The van der Waals surface area contributed by atoms with Crippen molar-refractivity contribution in [3.05, 3.63) is 11.8 Å². The third-order valence-corrected chi connectivity index (χ3v) is 1.91. The third-order valence-electron chi connectivity index (χ3n) is 1.91. The largest absolute Gasteiger partial charge is 0.507 e. The zero-order chi connectivity index (χ0) is 11.0. The molecule has 0 aliphatic heterocycles. The zero-order valence-electron chi connectivity index (χ0n) is 9.30. The second-order valence-electron chi connectivity index (χ2n) is 3.24. The number of aliphatic hydroxyl groups is 2. The highest BCUT2D eigenvalue weighted by Gasteiger charge is 2.29. The van der Waals surface area contributed by atoms with E-state index < -0.39 is 5.85 Å². The first-order valence-electron chi connectivity index (χ1n) is 5.18. The van der Waals surface area contributed by atoms with Crippen molar-refractivity contribution in [1.29, 1.82) is 0 Å². The molecule has 0 amide bonds. The maximum atomic E-state index is 10.0. The summed E-state index contributed by atoms with van der Waals surface area (Å²) in [4.78, 5) is 0. The molecule has 4 nitrogen and oxygen atoms in total. The fourth-order valence-electron chi connectivity index (χ4n) is 1.06. The summed E-state index contributed by atoms with van der Waals surface area (Å²) in [5.41, 5.74) is 0. The van der Waals surface area contributed by atoms with Crippen LogP contribution in [0.1, 0.15) is 33.6 Å². The molecule has 0 aromatic carbocycles. The average Bonchev–Trinajstić information content (AvgIpc) is 2.22. The SMILES string of the molecule is CC=C(O)C(O)(NCCC)NCCC. The Morgan fingerprint density at radius 1 is 1.21 bits per heavy atom. The van der Waals surface area contributed by atoms with Gasteiger partial charge in [0.25, 0.3) is 0 Å². The van der Waals surface area contributed by atoms with Crippen molar-refractivity contribution < 1.29 is 10.2 Å². The van der Waals surface area contributed by atoms with Crippen LogP contribution >= 0.6 is 0 Å². The van der Waals surface area contributed by atoms with Gasteiger partial charge in [0.05, 0.1) is 0 Å². The zero-order valence-corrected chi connectivity index (χ0v) is 9.30. The van der Waals surface area contributed by atoms with E-state index in [0.29, 0.717) is 13.1 Å². The van der Waals surface area contributed by atoms with Gasteiger partial charge in [0.2, 0.25) is 5.85 Å². The summed E-state index contributed by atoms with van der Waals surface area (Å²) in [7, 11) is 0. The Bertz CT molecular complexity index is 173. The topological polar surface area (TPSA) is 64.5 Å². The highest BCUT2D eigenvalue weighted by atomic mass is 16.4. The van der Waals surface area contributed by atoms with Gasteiger partial charge in [-0.1, -0.05) is 13.8 Å². The molecule has 0 radical (unpaired) electrons. The van der Waals surface area contributed by atoms with E-state index in [4.69, 9.17) is 0 Å². The summed E-state index contributed by atoms with van der Waals surface area (Å²) >= 11 is 0. The van der Waals surface area contributed by atoms with Crippen molar-refractivity contribution in [2.45, 2.75) is 39.5 Å². The number of allylic oxidation sites excluding steroid dienone is 1. The van der Waals surface area contributed by atoms with E-state index in [1.165, 1.54) is 6.08 Å². The van der Waals surface area contributed by atoms with Gasteiger partial charge in [0.1, 0.15) is 0 Å². The molecule has 84 valence electrons. The molecule has 0 unspecified atom stereocenters.